The third-order valence-electron chi connectivity index (χ3n) is 4.93. The van der Waals surface area contributed by atoms with Crippen molar-refractivity contribution in [3.05, 3.63) is 70.8 Å². The van der Waals surface area contributed by atoms with Gasteiger partial charge in [-0.2, -0.15) is 0 Å². The third-order valence-corrected chi connectivity index (χ3v) is 4.93. The molecule has 0 aliphatic carbocycles. The second-order valence-electron chi connectivity index (χ2n) is 7.80. The van der Waals surface area contributed by atoms with E-state index in [1.165, 1.54) is 36.4 Å². The van der Waals surface area contributed by atoms with Crippen molar-refractivity contribution in [1.29, 1.82) is 0 Å². The van der Waals surface area contributed by atoms with Crippen molar-refractivity contribution in [2.45, 2.75) is 37.8 Å². The summed E-state index contributed by atoms with van der Waals surface area (Å²) in [6, 6.07) is 11.3. The molecule has 0 amide bonds. The van der Waals surface area contributed by atoms with Gasteiger partial charge < -0.3 is 40.5 Å². The topological polar surface area (TPSA) is 253 Å². The van der Waals surface area contributed by atoms with Crippen LogP contribution in [0.4, 0.5) is 0 Å². The van der Waals surface area contributed by atoms with Crippen LogP contribution in [0.15, 0.2) is 48.5 Å². The van der Waals surface area contributed by atoms with Crippen LogP contribution in [-0.4, -0.2) is 95.3 Å². The molecule has 38 heavy (non-hydrogen) atoms. The van der Waals surface area contributed by atoms with Gasteiger partial charge in [0.05, 0.1) is 5.56 Å². The zero-order valence-electron chi connectivity index (χ0n) is 19.8. The highest BCUT2D eigenvalue weighted by atomic mass is 16.6. The molecule has 14 nitrogen and oxygen atoms in total. The van der Waals surface area contributed by atoms with Gasteiger partial charge in [-0.15, -0.1) is 0 Å². The minimum Gasteiger partial charge on any atom is -0.479 e. The van der Waals surface area contributed by atoms with Gasteiger partial charge in [0.2, 0.25) is 11.9 Å². The van der Waals surface area contributed by atoms with E-state index in [-0.39, 0.29) is 11.1 Å². The van der Waals surface area contributed by atoms with Gasteiger partial charge in [-0.05, 0) is 26.0 Å². The molecule has 0 radical (unpaired) electrons. The minimum atomic E-state index is -3.36. The molecular formula is C24H24O14. The molecular weight excluding hydrogens is 512 g/mol. The van der Waals surface area contributed by atoms with Crippen molar-refractivity contribution in [1.82, 2.24) is 0 Å². The molecule has 0 aromatic heterocycles. The van der Waals surface area contributed by atoms with Crippen molar-refractivity contribution in [3.8, 4) is 0 Å². The minimum absolute atomic E-state index is 0.106. The van der Waals surface area contributed by atoms with Crippen LogP contribution < -0.4 is 0 Å². The number of carbonyl (C=O) groups excluding carboxylic acids is 2. The maximum absolute atomic E-state index is 12.9. The predicted octanol–water partition coefficient (Wildman–Crippen LogP) is -0.511. The van der Waals surface area contributed by atoms with Crippen LogP contribution in [0.1, 0.15) is 31.8 Å². The number of carboxylic acid groups (broad SMARTS) is 4. The Bertz CT molecular complexity index is 1180. The highest BCUT2D eigenvalue weighted by Crippen LogP contribution is 2.26. The summed E-state index contributed by atoms with van der Waals surface area (Å²) in [5, 5.41) is 61.4. The Morgan fingerprint density at radius 2 is 1.00 bits per heavy atom. The number of hydrogen-bond donors (Lipinski definition) is 7. The Hall–Kier alpha value is -4.66. The number of ether oxygens (including phenoxy) is 1. The van der Waals surface area contributed by atoms with Crippen molar-refractivity contribution >= 4 is 35.6 Å². The first-order chi connectivity index (χ1) is 17.6. The fraction of sp³-hybridized carbons (Fsp3) is 0.250. The molecule has 14 heteroatoms. The molecule has 4 atom stereocenters. The Labute approximate surface area is 214 Å². The summed E-state index contributed by atoms with van der Waals surface area (Å²) in [6.45, 7) is 3.48. The predicted molar refractivity (Wildman–Crippen MR) is 123 cm³/mol. The number of aryl methyl sites for hydroxylation is 2. The standard InChI is InChI=1S/C20H18O8.C4H6O6/c1-11-3-7-13(8-4-11)15(21)20(19(26)27,16(22)17(23)24)28-18(25)14-9-5-12(2)6-10-14;5-1(3(7)8)2(6)4(9)10/h3-10,16,22H,1-2H3,(H,23,24)(H,26,27);1-2,5-6H,(H,7,8)(H,9,10). The first kappa shape index (κ1) is 31.4. The van der Waals surface area contributed by atoms with Crippen molar-refractivity contribution in [2.75, 3.05) is 0 Å². The quantitative estimate of drug-likeness (QED) is 0.115. The third kappa shape index (κ3) is 7.42. The molecule has 204 valence electrons. The number of aliphatic hydroxyl groups is 3. The van der Waals surface area contributed by atoms with Gasteiger partial charge in [0, 0.05) is 5.56 Å². The van der Waals surface area contributed by atoms with Gasteiger partial charge in [0.1, 0.15) is 0 Å². The molecule has 0 heterocycles. The zero-order valence-corrected chi connectivity index (χ0v) is 19.8. The lowest BCUT2D eigenvalue weighted by Gasteiger charge is -2.30. The number of carboxylic acids is 4. The normalized spacial score (nSPS) is 14.3. The second-order valence-corrected chi connectivity index (χ2v) is 7.80. The van der Waals surface area contributed by atoms with Gasteiger partial charge in [0.25, 0.3) is 0 Å². The van der Waals surface area contributed by atoms with Gasteiger partial charge in [-0.1, -0.05) is 47.5 Å². The van der Waals surface area contributed by atoms with E-state index in [0.717, 1.165) is 11.1 Å². The van der Waals surface area contributed by atoms with Crippen LogP contribution in [-0.2, 0) is 23.9 Å². The first-order valence-electron chi connectivity index (χ1n) is 10.4. The van der Waals surface area contributed by atoms with E-state index in [2.05, 4.69) is 0 Å². The van der Waals surface area contributed by atoms with Crippen molar-refractivity contribution in [2.24, 2.45) is 0 Å². The summed E-state index contributed by atoms with van der Waals surface area (Å²) < 4.78 is 4.88. The molecule has 2 aromatic rings. The highest BCUT2D eigenvalue weighted by molar-refractivity contribution is 6.19. The maximum atomic E-state index is 12.9. The molecule has 0 aliphatic rings. The lowest BCUT2D eigenvalue weighted by atomic mass is 9.86. The Kier molecular flexibility index (Phi) is 10.8. The lowest BCUT2D eigenvalue weighted by Crippen LogP contribution is -2.61. The number of benzene rings is 2. The summed E-state index contributed by atoms with van der Waals surface area (Å²) in [5.41, 5.74) is -2.13. The molecule has 7 N–H and O–H groups in total. The fourth-order valence-corrected chi connectivity index (χ4v) is 2.74. The Morgan fingerprint density at radius 1 is 0.632 bits per heavy atom. The monoisotopic (exact) mass is 536 g/mol. The molecule has 2 rings (SSSR count). The van der Waals surface area contributed by atoms with Gasteiger partial charge >= 0.3 is 35.4 Å². The highest BCUT2D eigenvalue weighted by Gasteiger charge is 2.59. The Morgan fingerprint density at radius 3 is 1.32 bits per heavy atom. The number of esters is 1. The number of ketones is 1. The zero-order chi connectivity index (χ0) is 29.4. The number of aliphatic hydroxyl groups excluding tert-OH is 3. The first-order valence-corrected chi connectivity index (χ1v) is 10.4. The van der Waals surface area contributed by atoms with Crippen LogP contribution in [0.5, 0.6) is 0 Å². The van der Waals surface area contributed by atoms with Crippen molar-refractivity contribution in [3.63, 3.8) is 0 Å². The number of aliphatic carboxylic acids is 4. The summed E-state index contributed by atoms with van der Waals surface area (Å²) in [6.07, 6.45) is -7.36. The molecule has 2 aromatic carbocycles. The summed E-state index contributed by atoms with van der Waals surface area (Å²) >= 11 is 0. The molecule has 4 unspecified atom stereocenters. The van der Waals surface area contributed by atoms with E-state index < -0.39 is 59.5 Å². The molecule has 0 aliphatic heterocycles. The van der Waals surface area contributed by atoms with Gasteiger partial charge in [-0.25, -0.2) is 24.0 Å². The fourth-order valence-electron chi connectivity index (χ4n) is 2.74. The van der Waals surface area contributed by atoms with E-state index in [4.69, 9.17) is 30.3 Å². The summed E-state index contributed by atoms with van der Waals surface area (Å²) in [5.74, 6) is -10.3. The van der Waals surface area contributed by atoms with E-state index in [1.54, 1.807) is 26.0 Å². The number of hydrogen-bond acceptors (Lipinski definition) is 10. The summed E-state index contributed by atoms with van der Waals surface area (Å²) in [7, 11) is 0. The number of rotatable bonds is 10. The molecule has 0 fully saturated rings. The van der Waals surface area contributed by atoms with Crippen LogP contribution in [0, 0.1) is 13.8 Å². The SMILES string of the molecule is Cc1ccc(C(=O)OC(C(=O)O)(C(=O)c2ccc(C)cc2)C(O)C(=O)O)cc1.O=C(O)C(O)C(O)C(=O)O. The Balaban J connectivity index is 0.000000612. The molecule has 0 spiro atoms. The van der Waals surface area contributed by atoms with Crippen LogP contribution >= 0.6 is 0 Å². The van der Waals surface area contributed by atoms with E-state index >= 15 is 0 Å². The second kappa shape index (κ2) is 13.0. The maximum Gasteiger partial charge on any atom is 0.360 e. The van der Waals surface area contributed by atoms with Crippen molar-refractivity contribution < 1.29 is 69.2 Å². The lowest BCUT2D eigenvalue weighted by molar-refractivity contribution is -0.176. The number of carbonyl (C=O) groups is 6. The van der Waals surface area contributed by atoms with E-state index in [9.17, 15) is 39.0 Å². The van der Waals surface area contributed by atoms with Gasteiger partial charge in [0.15, 0.2) is 12.2 Å². The number of Topliss-reactive ketones (excluding diaryl/α,β-unsaturated/α-hetero) is 1. The van der Waals surface area contributed by atoms with Crippen LogP contribution in [0.25, 0.3) is 0 Å². The molecule has 0 saturated carbocycles. The van der Waals surface area contributed by atoms with Crippen LogP contribution in [0.3, 0.4) is 0 Å². The van der Waals surface area contributed by atoms with E-state index in [0.29, 0.717) is 0 Å². The average molecular weight is 536 g/mol. The van der Waals surface area contributed by atoms with Gasteiger partial charge in [-0.3, -0.25) is 4.79 Å². The van der Waals surface area contributed by atoms with E-state index in [1.807, 2.05) is 0 Å². The largest absolute Gasteiger partial charge is 0.479 e. The molecule has 0 bridgehead atoms. The smallest absolute Gasteiger partial charge is 0.360 e. The average Bonchev–Trinajstić information content (AvgIpc) is 2.86. The molecule has 0 saturated heterocycles. The van der Waals surface area contributed by atoms with Crippen LogP contribution in [0.2, 0.25) is 0 Å². The summed E-state index contributed by atoms with van der Waals surface area (Å²) in [4.78, 5) is 68.2.